The minimum absolute atomic E-state index is 0.0859. The fourth-order valence-electron chi connectivity index (χ4n) is 2.25. The monoisotopic (exact) mass is 217 g/mol. The minimum Gasteiger partial charge on any atom is -0.394 e. The van der Waals surface area contributed by atoms with Gasteiger partial charge in [-0.15, -0.1) is 0 Å². The molecule has 0 aliphatic heterocycles. The zero-order valence-electron chi connectivity index (χ0n) is 9.03. The van der Waals surface area contributed by atoms with Crippen molar-refractivity contribution >= 4 is 16.6 Å². The third-order valence-electron chi connectivity index (χ3n) is 3.46. The Bertz CT molecular complexity index is 496. The molecule has 4 nitrogen and oxygen atoms in total. The molecule has 16 heavy (non-hydrogen) atoms. The lowest BCUT2D eigenvalue weighted by atomic mass is 9.77. The standard InChI is InChI=1S/C12H15N3O/c16-8-12(4-1-5-12)14-10-2-3-11-9(6-10)7-13-15-11/h2-3,6-7,14,16H,1,4-5,8H2,(H,13,15). The molecule has 1 aliphatic carbocycles. The molecule has 1 saturated carbocycles. The summed E-state index contributed by atoms with van der Waals surface area (Å²) in [4.78, 5) is 0. The van der Waals surface area contributed by atoms with Gasteiger partial charge in [0.15, 0.2) is 0 Å². The molecule has 0 unspecified atom stereocenters. The maximum Gasteiger partial charge on any atom is 0.0661 e. The molecule has 2 aromatic rings. The molecule has 1 aromatic carbocycles. The first kappa shape index (κ1) is 9.66. The van der Waals surface area contributed by atoms with Gasteiger partial charge in [-0.25, -0.2) is 0 Å². The molecule has 0 atom stereocenters. The second-order valence-electron chi connectivity index (χ2n) is 4.59. The molecular formula is C12H15N3O. The van der Waals surface area contributed by atoms with Gasteiger partial charge < -0.3 is 10.4 Å². The van der Waals surface area contributed by atoms with Gasteiger partial charge in [-0.2, -0.15) is 5.10 Å². The van der Waals surface area contributed by atoms with E-state index in [4.69, 9.17) is 0 Å². The predicted molar refractivity (Wildman–Crippen MR) is 63.4 cm³/mol. The summed E-state index contributed by atoms with van der Waals surface area (Å²) in [5.74, 6) is 0. The highest BCUT2D eigenvalue weighted by Gasteiger charge is 2.36. The van der Waals surface area contributed by atoms with Crippen molar-refractivity contribution in [2.75, 3.05) is 11.9 Å². The Morgan fingerprint density at radius 3 is 3.00 bits per heavy atom. The summed E-state index contributed by atoms with van der Waals surface area (Å²) >= 11 is 0. The number of aromatic amines is 1. The maximum absolute atomic E-state index is 9.39. The molecule has 1 fully saturated rings. The van der Waals surface area contributed by atoms with Crippen LogP contribution in [0.3, 0.4) is 0 Å². The number of rotatable bonds is 3. The Morgan fingerprint density at radius 2 is 2.31 bits per heavy atom. The van der Waals surface area contributed by atoms with E-state index in [0.29, 0.717) is 0 Å². The average Bonchev–Trinajstić information content (AvgIpc) is 2.70. The van der Waals surface area contributed by atoms with Crippen molar-refractivity contribution < 1.29 is 5.11 Å². The molecule has 3 rings (SSSR count). The number of aliphatic hydroxyl groups excluding tert-OH is 1. The highest BCUT2D eigenvalue weighted by molar-refractivity contribution is 5.81. The lowest BCUT2D eigenvalue weighted by Gasteiger charge is -2.41. The van der Waals surface area contributed by atoms with Crippen LogP contribution in [0.1, 0.15) is 19.3 Å². The molecule has 0 radical (unpaired) electrons. The SMILES string of the molecule is OCC1(Nc2ccc3[nH]ncc3c2)CCC1. The molecule has 3 N–H and O–H groups in total. The number of fused-ring (bicyclic) bond motifs is 1. The highest BCUT2D eigenvalue weighted by Crippen LogP contribution is 2.35. The Morgan fingerprint density at radius 1 is 1.44 bits per heavy atom. The summed E-state index contributed by atoms with van der Waals surface area (Å²) in [5.41, 5.74) is 2.01. The van der Waals surface area contributed by atoms with Crippen molar-refractivity contribution in [3.05, 3.63) is 24.4 Å². The molecule has 1 heterocycles. The van der Waals surface area contributed by atoms with Crippen molar-refractivity contribution in [1.29, 1.82) is 0 Å². The van der Waals surface area contributed by atoms with Crippen molar-refractivity contribution in [2.45, 2.75) is 24.8 Å². The summed E-state index contributed by atoms with van der Waals surface area (Å²) in [7, 11) is 0. The second-order valence-corrected chi connectivity index (χ2v) is 4.59. The van der Waals surface area contributed by atoms with Gasteiger partial charge in [0, 0.05) is 11.1 Å². The summed E-state index contributed by atoms with van der Waals surface area (Å²) in [6.45, 7) is 0.205. The Balaban J connectivity index is 1.88. The van der Waals surface area contributed by atoms with Crippen LogP contribution >= 0.6 is 0 Å². The fourth-order valence-corrected chi connectivity index (χ4v) is 2.25. The quantitative estimate of drug-likeness (QED) is 0.735. The van der Waals surface area contributed by atoms with Crippen LogP contribution < -0.4 is 5.32 Å². The van der Waals surface area contributed by atoms with E-state index in [1.54, 1.807) is 0 Å². The number of anilines is 1. The molecule has 0 amide bonds. The predicted octanol–water partition coefficient (Wildman–Crippen LogP) is 1.89. The van der Waals surface area contributed by atoms with E-state index in [9.17, 15) is 5.11 Å². The van der Waals surface area contributed by atoms with Crippen LogP contribution in [-0.4, -0.2) is 27.4 Å². The van der Waals surface area contributed by atoms with Crippen LogP contribution in [0.15, 0.2) is 24.4 Å². The van der Waals surface area contributed by atoms with Gasteiger partial charge in [-0.05, 0) is 37.5 Å². The first-order chi connectivity index (χ1) is 7.81. The number of H-pyrrole nitrogens is 1. The van der Waals surface area contributed by atoms with Gasteiger partial charge in [0.2, 0.25) is 0 Å². The molecule has 1 aromatic heterocycles. The van der Waals surface area contributed by atoms with E-state index in [2.05, 4.69) is 21.6 Å². The van der Waals surface area contributed by atoms with E-state index in [0.717, 1.165) is 29.4 Å². The summed E-state index contributed by atoms with van der Waals surface area (Å²) in [6, 6.07) is 6.10. The number of aromatic nitrogens is 2. The van der Waals surface area contributed by atoms with Gasteiger partial charge >= 0.3 is 0 Å². The molecule has 4 heteroatoms. The number of benzene rings is 1. The van der Waals surface area contributed by atoms with Gasteiger partial charge in [-0.1, -0.05) is 0 Å². The summed E-state index contributed by atoms with van der Waals surface area (Å²) in [5, 5.41) is 20.8. The molecular weight excluding hydrogens is 202 g/mol. The Hall–Kier alpha value is -1.55. The van der Waals surface area contributed by atoms with Crippen LogP contribution in [0.4, 0.5) is 5.69 Å². The summed E-state index contributed by atoms with van der Waals surface area (Å²) in [6.07, 6.45) is 5.11. The van der Waals surface area contributed by atoms with E-state index in [-0.39, 0.29) is 12.1 Å². The number of nitrogens with zero attached hydrogens (tertiary/aromatic N) is 1. The van der Waals surface area contributed by atoms with Crippen LogP contribution in [0, 0.1) is 0 Å². The zero-order chi connectivity index (χ0) is 11.0. The number of hydrogen-bond donors (Lipinski definition) is 3. The first-order valence-electron chi connectivity index (χ1n) is 5.64. The van der Waals surface area contributed by atoms with E-state index in [1.165, 1.54) is 6.42 Å². The topological polar surface area (TPSA) is 60.9 Å². The van der Waals surface area contributed by atoms with Crippen molar-refractivity contribution in [2.24, 2.45) is 0 Å². The van der Waals surface area contributed by atoms with Gasteiger partial charge in [-0.3, -0.25) is 5.10 Å². The number of aliphatic hydroxyl groups is 1. The molecule has 1 aliphatic rings. The van der Waals surface area contributed by atoms with E-state index < -0.39 is 0 Å². The molecule has 0 spiro atoms. The molecule has 0 saturated heterocycles. The Labute approximate surface area is 93.7 Å². The largest absolute Gasteiger partial charge is 0.394 e. The highest BCUT2D eigenvalue weighted by atomic mass is 16.3. The first-order valence-corrected chi connectivity index (χ1v) is 5.64. The van der Waals surface area contributed by atoms with Crippen molar-refractivity contribution in [3.8, 4) is 0 Å². The van der Waals surface area contributed by atoms with Crippen LogP contribution in [0.2, 0.25) is 0 Å². The lowest BCUT2D eigenvalue weighted by molar-refractivity contribution is 0.144. The number of hydrogen-bond acceptors (Lipinski definition) is 3. The fraction of sp³-hybridized carbons (Fsp3) is 0.417. The average molecular weight is 217 g/mol. The minimum atomic E-state index is -0.0859. The third-order valence-corrected chi connectivity index (χ3v) is 3.46. The second kappa shape index (κ2) is 3.49. The van der Waals surface area contributed by atoms with Gasteiger partial charge in [0.05, 0.1) is 23.9 Å². The van der Waals surface area contributed by atoms with E-state index >= 15 is 0 Å². The smallest absolute Gasteiger partial charge is 0.0661 e. The maximum atomic E-state index is 9.39. The lowest BCUT2D eigenvalue weighted by Crippen LogP contribution is -2.48. The van der Waals surface area contributed by atoms with Gasteiger partial charge in [0.25, 0.3) is 0 Å². The van der Waals surface area contributed by atoms with E-state index in [1.807, 2.05) is 18.3 Å². The Kier molecular flexibility index (Phi) is 2.11. The van der Waals surface area contributed by atoms with Crippen LogP contribution in [0.5, 0.6) is 0 Å². The molecule has 0 bridgehead atoms. The normalized spacial score (nSPS) is 18.3. The zero-order valence-corrected chi connectivity index (χ0v) is 9.03. The third kappa shape index (κ3) is 1.46. The number of nitrogens with one attached hydrogen (secondary N) is 2. The van der Waals surface area contributed by atoms with Crippen LogP contribution in [0.25, 0.3) is 10.9 Å². The summed E-state index contributed by atoms with van der Waals surface area (Å²) < 4.78 is 0. The van der Waals surface area contributed by atoms with Crippen molar-refractivity contribution in [1.82, 2.24) is 10.2 Å². The van der Waals surface area contributed by atoms with Crippen LogP contribution in [-0.2, 0) is 0 Å². The van der Waals surface area contributed by atoms with Crippen molar-refractivity contribution in [3.63, 3.8) is 0 Å². The van der Waals surface area contributed by atoms with Gasteiger partial charge in [0.1, 0.15) is 0 Å². The molecule has 84 valence electrons.